The number of ether oxygens (including phenoxy) is 1. The van der Waals surface area contributed by atoms with Gasteiger partial charge in [-0.15, -0.1) is 0 Å². The molecule has 1 atom stereocenters. The average Bonchev–Trinajstić information content (AvgIpc) is 3.20. The van der Waals surface area contributed by atoms with Crippen molar-refractivity contribution in [3.05, 3.63) is 10.7 Å². The van der Waals surface area contributed by atoms with Gasteiger partial charge in [-0.1, -0.05) is 0 Å². The molecule has 1 heterocycles. The monoisotopic (exact) mass is 314 g/mol. The second-order valence-corrected chi connectivity index (χ2v) is 5.53. The normalized spacial score (nSPS) is 16.7. The molecule has 2 rings (SSSR count). The molecule has 1 aromatic rings. The van der Waals surface area contributed by atoms with Crippen molar-refractivity contribution >= 4 is 21.9 Å². The Morgan fingerprint density at radius 1 is 1.61 bits per heavy atom. The van der Waals surface area contributed by atoms with Crippen LogP contribution in [0, 0.1) is 0 Å². The molecule has 0 aromatic carbocycles. The van der Waals surface area contributed by atoms with Crippen molar-refractivity contribution in [1.82, 2.24) is 14.9 Å². The Morgan fingerprint density at radius 3 is 2.94 bits per heavy atom. The lowest BCUT2D eigenvalue weighted by Crippen LogP contribution is -2.36. The molecular formula is C12H19BrN4O. The first-order valence-corrected chi connectivity index (χ1v) is 6.93. The first-order valence-electron chi connectivity index (χ1n) is 6.14. The van der Waals surface area contributed by atoms with Crippen molar-refractivity contribution in [2.75, 3.05) is 26.0 Å². The fraction of sp³-hybridized carbons (Fsp3) is 0.667. The first-order chi connectivity index (χ1) is 8.61. The second kappa shape index (κ2) is 5.84. The van der Waals surface area contributed by atoms with Gasteiger partial charge in [-0.05, 0) is 42.7 Å². The maximum absolute atomic E-state index is 5.14. The standard InChI is InChI=1S/C12H19BrN4O/c1-8(17(2)9-4-5-9)6-14-12-15-7-10(13)11(16-12)18-3/h7-9H,4-6H2,1-3H3,(H,14,15,16). The van der Waals surface area contributed by atoms with Crippen LogP contribution in [0.3, 0.4) is 0 Å². The third-order valence-corrected chi connectivity index (χ3v) is 3.82. The van der Waals surface area contributed by atoms with Crippen molar-refractivity contribution in [3.8, 4) is 5.88 Å². The zero-order valence-electron chi connectivity index (χ0n) is 11.0. The van der Waals surface area contributed by atoms with Crippen molar-refractivity contribution in [1.29, 1.82) is 0 Å². The Balaban J connectivity index is 1.89. The quantitative estimate of drug-likeness (QED) is 0.872. The first kappa shape index (κ1) is 13.5. The number of methoxy groups -OCH3 is 1. The van der Waals surface area contributed by atoms with E-state index < -0.39 is 0 Å². The number of hydrogen-bond acceptors (Lipinski definition) is 5. The van der Waals surface area contributed by atoms with Gasteiger partial charge in [-0.2, -0.15) is 4.98 Å². The number of nitrogens with zero attached hydrogens (tertiary/aromatic N) is 3. The van der Waals surface area contributed by atoms with Crippen molar-refractivity contribution in [2.24, 2.45) is 0 Å². The minimum Gasteiger partial charge on any atom is -0.480 e. The second-order valence-electron chi connectivity index (χ2n) is 4.68. The van der Waals surface area contributed by atoms with E-state index >= 15 is 0 Å². The van der Waals surface area contributed by atoms with Gasteiger partial charge < -0.3 is 10.1 Å². The van der Waals surface area contributed by atoms with Crippen LogP contribution in [0.1, 0.15) is 19.8 Å². The molecule has 1 aliphatic carbocycles. The predicted octanol–water partition coefficient (Wildman–Crippen LogP) is 2.14. The highest BCUT2D eigenvalue weighted by Gasteiger charge is 2.28. The van der Waals surface area contributed by atoms with Gasteiger partial charge in [0, 0.05) is 18.6 Å². The highest BCUT2D eigenvalue weighted by molar-refractivity contribution is 9.10. The maximum Gasteiger partial charge on any atom is 0.232 e. The number of hydrogen-bond donors (Lipinski definition) is 1. The summed E-state index contributed by atoms with van der Waals surface area (Å²) in [6.07, 6.45) is 4.34. The van der Waals surface area contributed by atoms with Crippen LogP contribution in [0.25, 0.3) is 0 Å². The van der Waals surface area contributed by atoms with Crippen molar-refractivity contribution in [3.63, 3.8) is 0 Å². The molecule has 0 saturated heterocycles. The van der Waals surface area contributed by atoms with Gasteiger partial charge >= 0.3 is 0 Å². The summed E-state index contributed by atoms with van der Waals surface area (Å²) >= 11 is 3.34. The average molecular weight is 315 g/mol. The van der Waals surface area contributed by atoms with E-state index in [9.17, 15) is 0 Å². The predicted molar refractivity (Wildman–Crippen MR) is 75.0 cm³/mol. The molecule has 6 heteroatoms. The van der Waals surface area contributed by atoms with Crippen molar-refractivity contribution in [2.45, 2.75) is 31.8 Å². The lowest BCUT2D eigenvalue weighted by Gasteiger charge is -2.24. The summed E-state index contributed by atoms with van der Waals surface area (Å²) < 4.78 is 5.90. The van der Waals surface area contributed by atoms with E-state index in [1.807, 2.05) is 0 Å². The highest BCUT2D eigenvalue weighted by atomic mass is 79.9. The molecule has 18 heavy (non-hydrogen) atoms. The molecule has 100 valence electrons. The van der Waals surface area contributed by atoms with Crippen LogP contribution >= 0.6 is 15.9 Å². The van der Waals surface area contributed by atoms with Crippen LogP contribution in [0.4, 0.5) is 5.95 Å². The van der Waals surface area contributed by atoms with E-state index in [1.54, 1.807) is 13.3 Å². The molecule has 0 bridgehead atoms. The number of likely N-dealkylation sites (N-methyl/N-ethyl adjacent to an activating group) is 1. The summed E-state index contributed by atoms with van der Waals surface area (Å²) in [6.45, 7) is 3.04. The van der Waals surface area contributed by atoms with Crippen LogP contribution in [0.2, 0.25) is 0 Å². The van der Waals surface area contributed by atoms with E-state index in [4.69, 9.17) is 4.74 Å². The fourth-order valence-electron chi connectivity index (χ4n) is 1.80. The number of aromatic nitrogens is 2. The number of nitrogens with one attached hydrogen (secondary N) is 1. The largest absolute Gasteiger partial charge is 0.480 e. The van der Waals surface area contributed by atoms with Gasteiger partial charge in [-0.3, -0.25) is 4.90 Å². The molecule has 1 aromatic heterocycles. The van der Waals surface area contributed by atoms with Gasteiger partial charge in [0.2, 0.25) is 11.8 Å². The van der Waals surface area contributed by atoms with Crippen LogP contribution < -0.4 is 10.1 Å². The molecule has 5 nitrogen and oxygen atoms in total. The molecule has 0 spiro atoms. The Bertz CT molecular complexity index is 411. The highest BCUT2D eigenvalue weighted by Crippen LogP contribution is 2.27. The van der Waals surface area contributed by atoms with Gasteiger partial charge in [0.25, 0.3) is 0 Å². The lowest BCUT2D eigenvalue weighted by atomic mass is 10.3. The minimum atomic E-state index is 0.468. The summed E-state index contributed by atoms with van der Waals surface area (Å²) in [5, 5.41) is 3.25. The fourth-order valence-corrected chi connectivity index (χ4v) is 2.16. The number of rotatable bonds is 6. The molecule has 0 radical (unpaired) electrons. The van der Waals surface area contributed by atoms with Gasteiger partial charge in [0.1, 0.15) is 0 Å². The number of anilines is 1. The molecular weight excluding hydrogens is 296 g/mol. The minimum absolute atomic E-state index is 0.468. The molecule has 1 saturated carbocycles. The van der Waals surface area contributed by atoms with Crippen LogP contribution in [-0.2, 0) is 0 Å². The molecule has 0 aliphatic heterocycles. The molecule has 1 aliphatic rings. The smallest absolute Gasteiger partial charge is 0.232 e. The third kappa shape index (κ3) is 3.32. The lowest BCUT2D eigenvalue weighted by molar-refractivity contribution is 0.257. The molecule has 0 amide bonds. The van der Waals surface area contributed by atoms with E-state index in [2.05, 4.69) is 50.1 Å². The molecule has 1 fully saturated rings. The summed E-state index contributed by atoms with van der Waals surface area (Å²) in [7, 11) is 3.77. The molecule has 1 N–H and O–H groups in total. The molecule has 1 unspecified atom stereocenters. The van der Waals surface area contributed by atoms with Gasteiger partial charge in [0.05, 0.1) is 17.8 Å². The van der Waals surface area contributed by atoms with Gasteiger partial charge in [-0.25, -0.2) is 4.98 Å². The number of halogens is 1. The Hall–Kier alpha value is -0.880. The maximum atomic E-state index is 5.14. The zero-order valence-corrected chi connectivity index (χ0v) is 12.6. The van der Waals surface area contributed by atoms with E-state index in [-0.39, 0.29) is 0 Å². The van der Waals surface area contributed by atoms with E-state index in [0.717, 1.165) is 17.1 Å². The van der Waals surface area contributed by atoms with Crippen LogP contribution in [0.5, 0.6) is 5.88 Å². The summed E-state index contributed by atoms with van der Waals surface area (Å²) in [5.74, 6) is 1.15. The third-order valence-electron chi connectivity index (χ3n) is 3.28. The van der Waals surface area contributed by atoms with E-state index in [1.165, 1.54) is 12.8 Å². The summed E-state index contributed by atoms with van der Waals surface area (Å²) in [6, 6.07) is 1.23. The topological polar surface area (TPSA) is 50.3 Å². The Kier molecular flexibility index (Phi) is 4.40. The zero-order chi connectivity index (χ0) is 13.1. The van der Waals surface area contributed by atoms with E-state index in [0.29, 0.717) is 17.9 Å². The van der Waals surface area contributed by atoms with Crippen LogP contribution in [0.15, 0.2) is 10.7 Å². The Morgan fingerprint density at radius 2 is 2.33 bits per heavy atom. The summed E-state index contributed by atoms with van der Waals surface area (Å²) in [4.78, 5) is 10.9. The van der Waals surface area contributed by atoms with Crippen LogP contribution in [-0.4, -0.2) is 47.7 Å². The van der Waals surface area contributed by atoms with Crippen molar-refractivity contribution < 1.29 is 4.74 Å². The SMILES string of the molecule is COc1nc(NCC(C)N(C)C2CC2)ncc1Br. The Labute approximate surface area is 116 Å². The summed E-state index contributed by atoms with van der Waals surface area (Å²) in [5.41, 5.74) is 0. The van der Waals surface area contributed by atoms with Gasteiger partial charge in [0.15, 0.2) is 0 Å².